The van der Waals surface area contributed by atoms with E-state index in [-0.39, 0.29) is 17.1 Å². The lowest BCUT2D eigenvalue weighted by Gasteiger charge is -2.32. The fourth-order valence-electron chi connectivity index (χ4n) is 4.95. The molecule has 0 saturated carbocycles. The Morgan fingerprint density at radius 2 is 1.76 bits per heavy atom. The molecule has 0 radical (unpaired) electrons. The van der Waals surface area contributed by atoms with E-state index in [2.05, 4.69) is 50.4 Å². The number of fused-ring (bicyclic) bond motifs is 1. The summed E-state index contributed by atoms with van der Waals surface area (Å²) >= 11 is 1.58. The number of allylic oxidation sites excluding steroid dienone is 1. The van der Waals surface area contributed by atoms with Gasteiger partial charge in [-0.05, 0) is 52.5 Å². The van der Waals surface area contributed by atoms with E-state index in [4.69, 9.17) is 0 Å². The van der Waals surface area contributed by atoms with Crippen molar-refractivity contribution in [3.63, 3.8) is 0 Å². The van der Waals surface area contributed by atoms with Gasteiger partial charge in [-0.25, -0.2) is 0 Å². The van der Waals surface area contributed by atoms with Gasteiger partial charge in [0, 0.05) is 22.6 Å². The van der Waals surface area contributed by atoms with E-state index >= 15 is 0 Å². The topological polar surface area (TPSA) is 49.4 Å². The van der Waals surface area contributed by atoms with Crippen molar-refractivity contribution < 1.29 is 9.59 Å². The zero-order valence-electron chi connectivity index (χ0n) is 19.2. The minimum Gasteiger partial charge on any atom is -0.357 e. The first kappa shape index (κ1) is 21.7. The average molecular weight is 457 g/mol. The van der Waals surface area contributed by atoms with Gasteiger partial charge in [0.25, 0.3) is 0 Å². The van der Waals surface area contributed by atoms with Crippen LogP contribution in [0.3, 0.4) is 0 Å². The molecule has 1 N–H and O–H groups in total. The minimum atomic E-state index is -0.412. The molecule has 2 aromatic carbocycles. The molecule has 5 heteroatoms. The van der Waals surface area contributed by atoms with Crippen molar-refractivity contribution in [2.24, 2.45) is 0 Å². The van der Waals surface area contributed by atoms with Crippen LogP contribution in [0.1, 0.15) is 61.6 Å². The number of anilines is 2. The van der Waals surface area contributed by atoms with Crippen LogP contribution in [-0.2, 0) is 15.0 Å². The van der Waals surface area contributed by atoms with Crippen molar-refractivity contribution in [3.05, 3.63) is 93.3 Å². The number of nitrogens with zero attached hydrogens (tertiary/aromatic N) is 1. The molecule has 5 rings (SSSR count). The van der Waals surface area contributed by atoms with Crippen LogP contribution in [0.25, 0.3) is 0 Å². The molecule has 1 aromatic heterocycles. The molecule has 4 nitrogen and oxygen atoms in total. The summed E-state index contributed by atoms with van der Waals surface area (Å²) in [4.78, 5) is 28.7. The second kappa shape index (κ2) is 8.31. The summed E-state index contributed by atoms with van der Waals surface area (Å²) in [6, 6.07) is 20.1. The number of hydrogen-bond acceptors (Lipinski definition) is 4. The molecule has 1 amide bonds. The van der Waals surface area contributed by atoms with Gasteiger partial charge in [-0.1, -0.05) is 63.2 Å². The number of carbonyl (C=O) groups excluding carboxylic acids is 2. The number of ketones is 1. The molecule has 2 aliphatic rings. The zero-order chi connectivity index (χ0) is 23.2. The van der Waals surface area contributed by atoms with E-state index in [0.29, 0.717) is 12.0 Å². The third-order valence-electron chi connectivity index (χ3n) is 6.70. The van der Waals surface area contributed by atoms with Crippen molar-refractivity contribution in [1.82, 2.24) is 0 Å². The summed E-state index contributed by atoms with van der Waals surface area (Å²) < 4.78 is 0. The van der Waals surface area contributed by atoms with Crippen LogP contribution in [0.2, 0.25) is 0 Å². The fraction of sp³-hybridized carbons (Fsp3) is 0.286. The molecule has 0 saturated heterocycles. The van der Waals surface area contributed by atoms with Crippen molar-refractivity contribution in [3.8, 4) is 0 Å². The lowest BCUT2D eigenvalue weighted by Crippen LogP contribution is -2.32. The highest BCUT2D eigenvalue weighted by Gasteiger charge is 2.39. The molecule has 0 bridgehead atoms. The van der Waals surface area contributed by atoms with E-state index in [1.807, 2.05) is 41.8 Å². The van der Waals surface area contributed by atoms with Crippen LogP contribution in [-0.4, -0.2) is 12.2 Å². The molecule has 33 heavy (non-hydrogen) atoms. The van der Waals surface area contributed by atoms with E-state index in [1.165, 1.54) is 11.1 Å². The Hall–Kier alpha value is -3.18. The predicted molar refractivity (Wildman–Crippen MR) is 135 cm³/mol. The Balaban J connectivity index is 1.59. The number of rotatable bonds is 3. The van der Waals surface area contributed by atoms with E-state index < -0.39 is 6.04 Å². The van der Waals surface area contributed by atoms with Gasteiger partial charge in [0.1, 0.15) is 6.04 Å². The number of amides is 1. The number of thiophene rings is 1. The van der Waals surface area contributed by atoms with Crippen molar-refractivity contribution >= 4 is 34.9 Å². The second-order valence-corrected chi connectivity index (χ2v) is 10.8. The van der Waals surface area contributed by atoms with Crippen molar-refractivity contribution in [1.29, 1.82) is 0 Å². The van der Waals surface area contributed by atoms with Gasteiger partial charge in [-0.3, -0.25) is 9.59 Å². The maximum atomic E-state index is 13.7. The van der Waals surface area contributed by atoms with Gasteiger partial charge >= 0.3 is 0 Å². The third-order valence-corrected chi connectivity index (χ3v) is 7.63. The van der Waals surface area contributed by atoms with Crippen LogP contribution in [0, 0.1) is 0 Å². The Labute approximate surface area is 198 Å². The molecular formula is C28H28N2O2S. The number of hydrogen-bond donors (Lipinski definition) is 1. The normalized spacial score (nSPS) is 20.6. The van der Waals surface area contributed by atoms with Gasteiger partial charge in [0.05, 0.1) is 11.4 Å². The van der Waals surface area contributed by atoms with E-state index in [0.717, 1.165) is 34.8 Å². The summed E-state index contributed by atoms with van der Waals surface area (Å²) in [6.07, 6.45) is 2.03. The predicted octanol–water partition coefficient (Wildman–Crippen LogP) is 6.58. The summed E-state index contributed by atoms with van der Waals surface area (Å²) in [5, 5.41) is 5.54. The second-order valence-electron chi connectivity index (χ2n) is 9.87. The molecule has 168 valence electrons. The first-order valence-electron chi connectivity index (χ1n) is 11.4. The highest BCUT2D eigenvalue weighted by atomic mass is 32.1. The standard InChI is InChI=1S/C28H28N2O2S/c1-28(2,3)20-12-10-18(11-13-20)19-15-22-26(24(32)16-19)27(25-9-6-14-33-25)30(17-31)23-8-5-4-7-21(23)29-22/h4-14,17,19,27,29H,15-16H2,1-3H3. The van der Waals surface area contributed by atoms with Crippen LogP contribution >= 0.6 is 11.3 Å². The van der Waals surface area contributed by atoms with Gasteiger partial charge in [-0.15, -0.1) is 11.3 Å². The quantitative estimate of drug-likeness (QED) is 0.453. The smallest absolute Gasteiger partial charge is 0.215 e. The third kappa shape index (κ3) is 3.91. The molecule has 0 spiro atoms. The molecule has 2 atom stereocenters. The first-order chi connectivity index (χ1) is 15.9. The molecule has 0 fully saturated rings. The molecule has 3 aromatic rings. The van der Waals surface area contributed by atoms with Gasteiger partial charge in [0.15, 0.2) is 5.78 Å². The average Bonchev–Trinajstić information content (AvgIpc) is 3.28. The summed E-state index contributed by atoms with van der Waals surface area (Å²) in [5.74, 6) is 0.211. The van der Waals surface area contributed by atoms with Gasteiger partial charge in [-0.2, -0.15) is 0 Å². The highest BCUT2D eigenvalue weighted by molar-refractivity contribution is 7.10. The van der Waals surface area contributed by atoms with Crippen LogP contribution < -0.4 is 10.2 Å². The lowest BCUT2D eigenvalue weighted by atomic mass is 9.78. The Morgan fingerprint density at radius 1 is 1.00 bits per heavy atom. The minimum absolute atomic E-state index is 0.0926. The molecule has 1 aliphatic carbocycles. The maximum Gasteiger partial charge on any atom is 0.215 e. The Bertz CT molecular complexity index is 1220. The molecule has 2 heterocycles. The monoisotopic (exact) mass is 456 g/mol. The molecule has 2 unspecified atom stereocenters. The number of benzene rings is 2. The Morgan fingerprint density at radius 3 is 2.42 bits per heavy atom. The van der Waals surface area contributed by atoms with Crippen LogP contribution in [0.5, 0.6) is 0 Å². The summed E-state index contributed by atoms with van der Waals surface area (Å²) in [6.45, 7) is 6.62. The van der Waals surface area contributed by atoms with Crippen LogP contribution in [0.4, 0.5) is 11.4 Å². The van der Waals surface area contributed by atoms with E-state index in [9.17, 15) is 9.59 Å². The Kier molecular flexibility index (Phi) is 5.45. The highest BCUT2D eigenvalue weighted by Crippen LogP contribution is 2.47. The largest absolute Gasteiger partial charge is 0.357 e. The number of Topliss-reactive ketones (excluding diaryl/α,β-unsaturated/α-hetero) is 1. The van der Waals surface area contributed by atoms with Gasteiger partial charge < -0.3 is 10.2 Å². The molecular weight excluding hydrogens is 428 g/mol. The number of nitrogens with one attached hydrogen (secondary N) is 1. The first-order valence-corrected chi connectivity index (χ1v) is 12.2. The summed E-state index contributed by atoms with van der Waals surface area (Å²) in [5.41, 5.74) is 5.84. The van der Waals surface area contributed by atoms with Crippen molar-refractivity contribution in [2.45, 2.75) is 51.0 Å². The van der Waals surface area contributed by atoms with Crippen LogP contribution in [0.15, 0.2) is 77.3 Å². The zero-order valence-corrected chi connectivity index (χ0v) is 20.0. The summed E-state index contributed by atoms with van der Waals surface area (Å²) in [7, 11) is 0. The molecule has 1 aliphatic heterocycles. The fourth-order valence-corrected chi connectivity index (χ4v) is 5.78. The van der Waals surface area contributed by atoms with Crippen molar-refractivity contribution in [2.75, 3.05) is 10.2 Å². The maximum absolute atomic E-state index is 13.7. The lowest BCUT2D eigenvalue weighted by molar-refractivity contribution is -0.116. The number of para-hydroxylation sites is 2. The number of carbonyl (C=O) groups is 2. The van der Waals surface area contributed by atoms with Gasteiger partial charge in [0.2, 0.25) is 6.41 Å². The SMILES string of the molecule is CC(C)(C)c1ccc(C2CC(=O)C3=C(C2)Nc2ccccc2N(C=O)C3c2cccs2)cc1. The van der Waals surface area contributed by atoms with E-state index in [1.54, 1.807) is 16.2 Å².